The molecule has 8 N–H and O–H groups in total. The highest BCUT2D eigenvalue weighted by Crippen LogP contribution is 2.32. The number of carbonyl (C=O) groups is 4. The number of primary amides is 2. The van der Waals surface area contributed by atoms with Crippen LogP contribution in [0.5, 0.6) is 5.75 Å². The van der Waals surface area contributed by atoms with E-state index in [0.717, 1.165) is 25.9 Å². The topological polar surface area (TPSA) is 276 Å². The number of anilines is 3. The van der Waals surface area contributed by atoms with Crippen LogP contribution in [0.2, 0.25) is 0 Å². The molecule has 62 heavy (non-hydrogen) atoms. The first-order valence-electron chi connectivity index (χ1n) is 20.5. The number of pyridine rings is 1. The number of nitrogens with zero attached hydrogens (tertiary/aromatic N) is 10. The van der Waals surface area contributed by atoms with Crippen LogP contribution in [0.1, 0.15) is 79.8 Å². The molecule has 0 spiro atoms. The minimum Gasteiger partial charge on any atom is -0.490 e. The zero-order chi connectivity index (χ0) is 43.8. The second-order valence-corrected chi connectivity index (χ2v) is 15.3. The van der Waals surface area contributed by atoms with Crippen LogP contribution in [0.15, 0.2) is 42.6 Å². The van der Waals surface area contributed by atoms with Gasteiger partial charge in [-0.15, -0.1) is 0 Å². The van der Waals surface area contributed by atoms with Crippen LogP contribution in [0.3, 0.4) is 0 Å². The maximum absolute atomic E-state index is 13.8. The van der Waals surface area contributed by atoms with Gasteiger partial charge < -0.3 is 31.2 Å². The molecular formula is C41H49N15O6. The van der Waals surface area contributed by atoms with Crippen LogP contribution in [-0.2, 0) is 30.9 Å². The molecule has 21 nitrogen and oxygen atoms in total. The van der Waals surface area contributed by atoms with Gasteiger partial charge in [-0.05, 0) is 64.8 Å². The number of aryl methyl sites for hydroxylation is 4. The van der Waals surface area contributed by atoms with E-state index in [9.17, 15) is 19.2 Å². The summed E-state index contributed by atoms with van der Waals surface area (Å²) in [5.41, 5.74) is 21.5. The molecule has 4 amide bonds. The summed E-state index contributed by atoms with van der Waals surface area (Å²) < 4.78 is 19.0. The highest BCUT2D eigenvalue weighted by molar-refractivity contribution is 6.07. The van der Waals surface area contributed by atoms with Crippen LogP contribution in [0.4, 0.5) is 17.6 Å². The fourth-order valence-electron chi connectivity index (χ4n) is 8.06. The zero-order valence-electron chi connectivity index (χ0n) is 34.9. The standard InChI is InChI=1S/C41H49N15O6/c1-5-55-30(15-22(3)50-55)38(59)48-40-46-28-16-24(35(43)57)18-31(61-14-13-52-20-26-9-10-27(21-52)62-26)33(28)53(40)11-7-8-12-54-37-29(17-25(19-45-37)36(44)58)47-41(54)49-39(60)34-32(42)23(4)51-56(34)6-2/h7-8,15-19,26-27H,5-6,9-14,20-21,42H2,1-4H3,(H2,43,57)(H2,44,58)(H,46,48,59)(H,47,49,60)/b8-7+/t26-,27+. The molecule has 0 aliphatic carbocycles. The molecule has 2 saturated heterocycles. The van der Waals surface area contributed by atoms with Crippen molar-refractivity contribution in [2.45, 2.75) is 78.9 Å². The predicted octanol–water partition coefficient (Wildman–Crippen LogP) is 2.61. The molecule has 5 aromatic heterocycles. The number of carbonyl (C=O) groups excluding carboxylic acids is 4. The van der Waals surface area contributed by atoms with Crippen molar-refractivity contribution < 1.29 is 28.7 Å². The Hall–Kier alpha value is -7.13. The molecule has 324 valence electrons. The van der Waals surface area contributed by atoms with E-state index in [1.54, 1.807) is 38.9 Å². The van der Waals surface area contributed by atoms with Gasteiger partial charge in [0.05, 0.1) is 40.4 Å². The molecule has 7 heterocycles. The first-order valence-corrected chi connectivity index (χ1v) is 20.5. The second-order valence-electron chi connectivity index (χ2n) is 15.3. The third-order valence-corrected chi connectivity index (χ3v) is 11.1. The van der Waals surface area contributed by atoms with Gasteiger partial charge in [0.15, 0.2) is 5.65 Å². The quantitative estimate of drug-likeness (QED) is 0.0878. The van der Waals surface area contributed by atoms with Crippen molar-refractivity contribution >= 4 is 63.4 Å². The van der Waals surface area contributed by atoms with Gasteiger partial charge >= 0.3 is 0 Å². The van der Waals surface area contributed by atoms with Crippen molar-refractivity contribution in [1.29, 1.82) is 0 Å². The number of hydrogen-bond donors (Lipinski definition) is 5. The van der Waals surface area contributed by atoms with E-state index in [0.29, 0.717) is 71.3 Å². The Morgan fingerprint density at radius 3 is 2.18 bits per heavy atom. The van der Waals surface area contributed by atoms with Crippen molar-refractivity contribution in [2.75, 3.05) is 42.6 Å². The Morgan fingerprint density at radius 1 is 0.839 bits per heavy atom. The minimum absolute atomic E-state index is 0.136. The number of ether oxygens (including phenoxy) is 2. The molecule has 6 aromatic rings. The third-order valence-electron chi connectivity index (χ3n) is 11.1. The Balaban J connectivity index is 1.13. The van der Waals surface area contributed by atoms with Gasteiger partial charge in [-0.1, -0.05) is 12.2 Å². The highest BCUT2D eigenvalue weighted by Gasteiger charge is 2.33. The smallest absolute Gasteiger partial charge is 0.278 e. The number of hydrogen-bond acceptors (Lipinski definition) is 13. The van der Waals surface area contributed by atoms with Crippen molar-refractivity contribution in [3.05, 3.63) is 76.5 Å². The van der Waals surface area contributed by atoms with Crippen molar-refractivity contribution in [1.82, 2.24) is 48.5 Å². The van der Waals surface area contributed by atoms with E-state index >= 15 is 0 Å². The molecule has 1 aromatic carbocycles. The Labute approximate surface area is 355 Å². The van der Waals surface area contributed by atoms with Gasteiger partial charge in [0.1, 0.15) is 34.8 Å². The number of morpholine rings is 1. The zero-order valence-corrected chi connectivity index (χ0v) is 34.9. The van der Waals surface area contributed by atoms with E-state index in [1.807, 2.05) is 32.9 Å². The van der Waals surface area contributed by atoms with E-state index in [4.69, 9.17) is 31.7 Å². The van der Waals surface area contributed by atoms with Gasteiger partial charge in [-0.25, -0.2) is 15.0 Å². The van der Waals surface area contributed by atoms with E-state index in [2.05, 4.69) is 35.7 Å². The number of likely N-dealkylation sites (tertiary alicyclic amines) is 1. The number of aromatic nitrogens is 9. The molecule has 0 radical (unpaired) electrons. The SMILES string of the molecule is CCn1nc(C)cc1C(=O)Nc1nc2cc(C(N)=O)cc(OCCN3C[C@H]4CC[C@@H](C3)O4)c2n1C/C=C/Cn1c(NC(=O)c2c(N)c(C)nn2CC)nc2cc(C(N)=O)cnc21. The number of nitrogens with one attached hydrogen (secondary N) is 2. The summed E-state index contributed by atoms with van der Waals surface area (Å²) in [6.45, 7) is 11.0. The van der Waals surface area contributed by atoms with Crippen LogP contribution in [-0.4, -0.2) is 111 Å². The third kappa shape index (κ3) is 8.18. The second kappa shape index (κ2) is 17.1. The monoisotopic (exact) mass is 847 g/mol. The largest absolute Gasteiger partial charge is 0.490 e. The number of nitrogen functional groups attached to an aromatic ring is 1. The van der Waals surface area contributed by atoms with Crippen molar-refractivity contribution in [2.24, 2.45) is 11.5 Å². The fourth-order valence-corrected chi connectivity index (χ4v) is 8.06. The molecular weight excluding hydrogens is 799 g/mol. The first kappa shape index (κ1) is 41.6. The molecule has 2 aliphatic rings. The number of rotatable bonds is 16. The molecule has 0 unspecified atom stereocenters. The number of allylic oxidation sites excluding steroid dienone is 2. The fraction of sp³-hybridized carbons (Fsp3) is 0.390. The lowest BCUT2D eigenvalue weighted by atomic mass is 10.1. The van der Waals surface area contributed by atoms with E-state index < -0.39 is 23.6 Å². The molecule has 8 rings (SSSR count). The predicted molar refractivity (Wildman–Crippen MR) is 229 cm³/mol. The van der Waals surface area contributed by atoms with Gasteiger partial charge in [0, 0.05) is 57.6 Å². The summed E-state index contributed by atoms with van der Waals surface area (Å²) in [4.78, 5) is 68.3. The average Bonchev–Trinajstić information content (AvgIpc) is 4.04. The van der Waals surface area contributed by atoms with Crippen molar-refractivity contribution in [3.8, 4) is 5.75 Å². The van der Waals surface area contributed by atoms with E-state index in [-0.39, 0.29) is 59.7 Å². The normalized spacial score (nSPS) is 16.5. The summed E-state index contributed by atoms with van der Waals surface area (Å²) in [5, 5.41) is 14.6. The Bertz CT molecular complexity index is 2750. The Kier molecular flexibility index (Phi) is 11.5. The molecule has 2 aliphatic heterocycles. The van der Waals surface area contributed by atoms with Crippen LogP contribution in [0, 0.1) is 13.8 Å². The van der Waals surface area contributed by atoms with Crippen LogP contribution >= 0.6 is 0 Å². The molecule has 0 saturated carbocycles. The highest BCUT2D eigenvalue weighted by atomic mass is 16.5. The summed E-state index contributed by atoms with van der Waals surface area (Å²) in [7, 11) is 0. The lowest BCUT2D eigenvalue weighted by molar-refractivity contribution is -0.0408. The number of amides is 4. The molecule has 2 bridgehead atoms. The number of imidazole rings is 2. The number of benzene rings is 1. The van der Waals surface area contributed by atoms with Gasteiger partial charge in [0.2, 0.25) is 23.7 Å². The van der Waals surface area contributed by atoms with E-state index in [1.165, 1.54) is 16.9 Å². The Morgan fingerprint density at radius 2 is 1.48 bits per heavy atom. The van der Waals surface area contributed by atoms with Gasteiger partial charge in [-0.3, -0.25) is 48.6 Å². The maximum atomic E-state index is 13.8. The lowest BCUT2D eigenvalue weighted by Gasteiger charge is -2.31. The summed E-state index contributed by atoms with van der Waals surface area (Å²) in [5.74, 6) is -1.62. The van der Waals surface area contributed by atoms with Gasteiger partial charge in [-0.2, -0.15) is 10.2 Å². The lowest BCUT2D eigenvalue weighted by Crippen LogP contribution is -2.44. The number of nitrogens with two attached hydrogens (primary N) is 3. The molecule has 2 atom stereocenters. The summed E-state index contributed by atoms with van der Waals surface area (Å²) >= 11 is 0. The van der Waals surface area contributed by atoms with Crippen molar-refractivity contribution in [3.63, 3.8) is 0 Å². The summed E-state index contributed by atoms with van der Waals surface area (Å²) in [6, 6.07) is 6.35. The minimum atomic E-state index is -0.682. The first-order chi connectivity index (χ1) is 29.8. The number of fused-ring (bicyclic) bond motifs is 4. The maximum Gasteiger partial charge on any atom is 0.278 e. The summed E-state index contributed by atoms with van der Waals surface area (Å²) in [6.07, 6.45) is 7.54. The average molecular weight is 848 g/mol. The van der Waals surface area contributed by atoms with Crippen LogP contribution in [0.25, 0.3) is 22.2 Å². The molecule has 21 heteroatoms. The van der Waals surface area contributed by atoms with Crippen LogP contribution < -0.4 is 32.6 Å². The van der Waals surface area contributed by atoms with Gasteiger partial charge in [0.25, 0.3) is 11.8 Å². The molecule has 2 fully saturated rings.